The first kappa shape index (κ1) is 8.78. The van der Waals surface area contributed by atoms with Crippen molar-refractivity contribution < 1.29 is 9.15 Å². The van der Waals surface area contributed by atoms with Gasteiger partial charge in [0.25, 0.3) is 0 Å². The van der Waals surface area contributed by atoms with Crippen molar-refractivity contribution in [2.75, 3.05) is 19.8 Å². The highest BCUT2D eigenvalue weighted by molar-refractivity contribution is 5.04. The fourth-order valence-electron chi connectivity index (χ4n) is 1.45. The SMILES string of the molecule is CC1(CNCc2ccoc2)COC1. The van der Waals surface area contributed by atoms with E-state index in [-0.39, 0.29) is 0 Å². The topological polar surface area (TPSA) is 34.4 Å². The molecule has 1 aliphatic heterocycles. The fraction of sp³-hybridized carbons (Fsp3) is 0.600. The largest absolute Gasteiger partial charge is 0.472 e. The van der Waals surface area contributed by atoms with Crippen LogP contribution in [0.15, 0.2) is 23.0 Å². The minimum atomic E-state index is 0.351. The third kappa shape index (κ3) is 2.11. The molecule has 1 saturated heterocycles. The molecule has 1 aliphatic rings. The van der Waals surface area contributed by atoms with E-state index >= 15 is 0 Å². The molecule has 0 aliphatic carbocycles. The normalized spacial score (nSPS) is 19.8. The summed E-state index contributed by atoms with van der Waals surface area (Å²) in [5.74, 6) is 0. The number of hydrogen-bond acceptors (Lipinski definition) is 3. The molecule has 1 N–H and O–H groups in total. The van der Waals surface area contributed by atoms with Crippen molar-refractivity contribution in [1.82, 2.24) is 5.32 Å². The van der Waals surface area contributed by atoms with Crippen LogP contribution in [-0.4, -0.2) is 19.8 Å². The van der Waals surface area contributed by atoms with Gasteiger partial charge in [0, 0.05) is 24.1 Å². The van der Waals surface area contributed by atoms with Gasteiger partial charge in [0.1, 0.15) is 0 Å². The Balaban J connectivity index is 1.69. The summed E-state index contributed by atoms with van der Waals surface area (Å²) < 4.78 is 10.1. The van der Waals surface area contributed by atoms with Crippen molar-refractivity contribution in [3.8, 4) is 0 Å². The molecule has 0 unspecified atom stereocenters. The molecule has 13 heavy (non-hydrogen) atoms. The van der Waals surface area contributed by atoms with E-state index in [1.165, 1.54) is 5.56 Å². The van der Waals surface area contributed by atoms with E-state index in [0.29, 0.717) is 5.41 Å². The molecule has 3 heteroatoms. The van der Waals surface area contributed by atoms with Gasteiger partial charge in [-0.1, -0.05) is 6.92 Å². The van der Waals surface area contributed by atoms with Gasteiger partial charge in [-0.3, -0.25) is 0 Å². The number of ether oxygens (including phenoxy) is 1. The Morgan fingerprint density at radius 1 is 1.54 bits per heavy atom. The van der Waals surface area contributed by atoms with Crippen molar-refractivity contribution in [1.29, 1.82) is 0 Å². The average molecular weight is 181 g/mol. The second-order valence-electron chi connectivity index (χ2n) is 4.04. The van der Waals surface area contributed by atoms with Crippen LogP contribution < -0.4 is 5.32 Å². The smallest absolute Gasteiger partial charge is 0.0947 e. The van der Waals surface area contributed by atoms with Crippen molar-refractivity contribution in [2.24, 2.45) is 5.41 Å². The van der Waals surface area contributed by atoms with Gasteiger partial charge < -0.3 is 14.5 Å². The predicted octanol–water partition coefficient (Wildman–Crippen LogP) is 1.41. The van der Waals surface area contributed by atoms with E-state index in [0.717, 1.165) is 26.3 Å². The number of nitrogens with one attached hydrogen (secondary N) is 1. The van der Waals surface area contributed by atoms with Crippen molar-refractivity contribution in [3.63, 3.8) is 0 Å². The molecule has 1 aromatic heterocycles. The van der Waals surface area contributed by atoms with Crippen LogP contribution in [0.2, 0.25) is 0 Å². The molecule has 0 aromatic carbocycles. The highest BCUT2D eigenvalue weighted by atomic mass is 16.5. The quantitative estimate of drug-likeness (QED) is 0.762. The van der Waals surface area contributed by atoms with E-state index in [2.05, 4.69) is 12.2 Å². The lowest BCUT2D eigenvalue weighted by Gasteiger charge is -2.38. The van der Waals surface area contributed by atoms with E-state index in [4.69, 9.17) is 9.15 Å². The van der Waals surface area contributed by atoms with Gasteiger partial charge in [-0.15, -0.1) is 0 Å². The maximum absolute atomic E-state index is 5.17. The van der Waals surface area contributed by atoms with Crippen LogP contribution in [0.3, 0.4) is 0 Å². The van der Waals surface area contributed by atoms with E-state index < -0.39 is 0 Å². The first-order valence-corrected chi connectivity index (χ1v) is 4.58. The van der Waals surface area contributed by atoms with Crippen LogP contribution in [0.4, 0.5) is 0 Å². The lowest BCUT2D eigenvalue weighted by atomic mass is 9.89. The fourth-order valence-corrected chi connectivity index (χ4v) is 1.45. The monoisotopic (exact) mass is 181 g/mol. The van der Waals surface area contributed by atoms with Crippen molar-refractivity contribution >= 4 is 0 Å². The summed E-state index contributed by atoms with van der Waals surface area (Å²) in [6, 6.07) is 1.98. The Kier molecular flexibility index (Phi) is 2.38. The van der Waals surface area contributed by atoms with Crippen molar-refractivity contribution in [3.05, 3.63) is 24.2 Å². The summed E-state index contributed by atoms with van der Waals surface area (Å²) in [5.41, 5.74) is 1.55. The van der Waals surface area contributed by atoms with Crippen LogP contribution in [-0.2, 0) is 11.3 Å². The highest BCUT2D eigenvalue weighted by Gasteiger charge is 2.32. The molecule has 1 aromatic rings. The third-order valence-electron chi connectivity index (χ3n) is 2.36. The third-order valence-corrected chi connectivity index (χ3v) is 2.36. The molecule has 2 rings (SSSR count). The molecular formula is C10H15NO2. The van der Waals surface area contributed by atoms with Gasteiger partial charge in [-0.05, 0) is 6.07 Å². The number of rotatable bonds is 4. The van der Waals surface area contributed by atoms with Gasteiger partial charge in [0.15, 0.2) is 0 Å². The minimum absolute atomic E-state index is 0.351. The molecule has 0 atom stereocenters. The highest BCUT2D eigenvalue weighted by Crippen LogP contribution is 2.25. The Labute approximate surface area is 78.1 Å². The zero-order valence-electron chi connectivity index (χ0n) is 7.88. The lowest BCUT2D eigenvalue weighted by molar-refractivity contribution is -0.0991. The van der Waals surface area contributed by atoms with Crippen LogP contribution in [0.5, 0.6) is 0 Å². The van der Waals surface area contributed by atoms with Crippen molar-refractivity contribution in [2.45, 2.75) is 13.5 Å². The van der Waals surface area contributed by atoms with Crippen LogP contribution in [0, 0.1) is 5.41 Å². The Bertz CT molecular complexity index is 252. The maximum atomic E-state index is 5.17. The second kappa shape index (κ2) is 3.52. The van der Waals surface area contributed by atoms with E-state index in [1.54, 1.807) is 12.5 Å². The second-order valence-corrected chi connectivity index (χ2v) is 4.04. The molecule has 0 spiro atoms. The van der Waals surface area contributed by atoms with Crippen LogP contribution in [0.1, 0.15) is 12.5 Å². The first-order chi connectivity index (χ1) is 6.29. The molecule has 1 fully saturated rings. The average Bonchev–Trinajstić information content (AvgIpc) is 2.54. The summed E-state index contributed by atoms with van der Waals surface area (Å²) in [4.78, 5) is 0. The first-order valence-electron chi connectivity index (χ1n) is 4.58. The van der Waals surface area contributed by atoms with E-state index in [9.17, 15) is 0 Å². The number of hydrogen-bond donors (Lipinski definition) is 1. The summed E-state index contributed by atoms with van der Waals surface area (Å²) in [7, 11) is 0. The van der Waals surface area contributed by atoms with Gasteiger partial charge >= 0.3 is 0 Å². The minimum Gasteiger partial charge on any atom is -0.472 e. The molecule has 72 valence electrons. The summed E-state index contributed by atoms with van der Waals surface area (Å²) in [6.07, 6.45) is 3.47. The number of furan rings is 1. The Morgan fingerprint density at radius 2 is 2.38 bits per heavy atom. The molecule has 2 heterocycles. The zero-order chi connectivity index (χ0) is 9.15. The van der Waals surface area contributed by atoms with Gasteiger partial charge in [0.2, 0.25) is 0 Å². The standard InChI is InChI=1S/C10H15NO2/c1-10(7-13-8-10)6-11-4-9-2-3-12-5-9/h2-3,5,11H,4,6-8H2,1H3. The van der Waals surface area contributed by atoms with Gasteiger partial charge in [-0.25, -0.2) is 0 Å². The molecule has 0 bridgehead atoms. The predicted molar refractivity (Wildman–Crippen MR) is 49.3 cm³/mol. The molecule has 0 radical (unpaired) electrons. The lowest BCUT2D eigenvalue weighted by Crippen LogP contribution is -2.47. The molecule has 0 amide bonds. The summed E-state index contributed by atoms with van der Waals surface area (Å²) >= 11 is 0. The Hall–Kier alpha value is -0.800. The summed E-state index contributed by atoms with van der Waals surface area (Å²) in [6.45, 7) is 5.89. The summed E-state index contributed by atoms with van der Waals surface area (Å²) in [5, 5.41) is 3.39. The molecule has 0 saturated carbocycles. The van der Waals surface area contributed by atoms with Crippen LogP contribution in [0.25, 0.3) is 0 Å². The van der Waals surface area contributed by atoms with Gasteiger partial charge in [-0.2, -0.15) is 0 Å². The Morgan fingerprint density at radius 3 is 2.92 bits per heavy atom. The van der Waals surface area contributed by atoms with Gasteiger partial charge in [0.05, 0.1) is 25.7 Å². The van der Waals surface area contributed by atoms with E-state index in [1.807, 2.05) is 6.07 Å². The maximum Gasteiger partial charge on any atom is 0.0947 e. The zero-order valence-corrected chi connectivity index (χ0v) is 7.88. The van der Waals surface area contributed by atoms with Crippen LogP contribution >= 0.6 is 0 Å². The molecular weight excluding hydrogens is 166 g/mol. The molecule has 3 nitrogen and oxygen atoms in total.